The van der Waals surface area contributed by atoms with Crippen LogP contribution in [0.15, 0.2) is 30.6 Å². The fraction of sp³-hybridized carbons (Fsp3) is 0.583. The van der Waals surface area contributed by atoms with Gasteiger partial charge in [0, 0.05) is 50.3 Å². The highest BCUT2D eigenvalue weighted by Crippen LogP contribution is 2.29. The van der Waals surface area contributed by atoms with Gasteiger partial charge in [-0.25, -0.2) is 4.98 Å². The normalized spacial score (nSPS) is 16.9. The highest BCUT2D eigenvalue weighted by Gasteiger charge is 2.14. The molecule has 182 valence electrons. The smallest absolute Gasteiger partial charge is 0.179 e. The number of likely N-dealkylation sites (tertiary alicyclic amines) is 1. The first-order valence-corrected chi connectivity index (χ1v) is 11.7. The third-order valence-electron chi connectivity index (χ3n) is 6.01. The van der Waals surface area contributed by atoms with E-state index in [9.17, 15) is 0 Å². The summed E-state index contributed by atoms with van der Waals surface area (Å²) in [5.41, 5.74) is 1.94. The van der Waals surface area contributed by atoms with Gasteiger partial charge in [0.25, 0.3) is 0 Å². The number of aromatic nitrogens is 2. The van der Waals surface area contributed by atoms with Crippen molar-refractivity contribution in [3.05, 3.63) is 36.3 Å². The SMILES string of the molecule is COc1cnc(Nc2ccnc(CNC3CCOCC3)c2)cc1OCCCN1CCCC1.Cl. The monoisotopic (exact) mass is 477 g/mol. The maximum absolute atomic E-state index is 6.03. The van der Waals surface area contributed by atoms with E-state index < -0.39 is 0 Å². The maximum atomic E-state index is 6.03. The highest BCUT2D eigenvalue weighted by atomic mass is 35.5. The Morgan fingerprint density at radius 3 is 2.73 bits per heavy atom. The van der Waals surface area contributed by atoms with Gasteiger partial charge in [-0.05, 0) is 57.3 Å². The molecular formula is C24H36ClN5O3. The van der Waals surface area contributed by atoms with Crippen LogP contribution in [0.4, 0.5) is 11.5 Å². The number of nitrogens with zero attached hydrogens (tertiary/aromatic N) is 3. The van der Waals surface area contributed by atoms with E-state index in [0.717, 1.165) is 62.8 Å². The van der Waals surface area contributed by atoms with Crippen LogP contribution in [0, 0.1) is 0 Å². The molecule has 2 aromatic rings. The molecule has 2 saturated heterocycles. The predicted molar refractivity (Wildman–Crippen MR) is 132 cm³/mol. The first kappa shape index (κ1) is 25.5. The number of hydrogen-bond acceptors (Lipinski definition) is 8. The molecule has 2 N–H and O–H groups in total. The molecule has 0 amide bonds. The van der Waals surface area contributed by atoms with Crippen LogP contribution in [0.2, 0.25) is 0 Å². The van der Waals surface area contributed by atoms with Crippen LogP contribution in [0.1, 0.15) is 37.8 Å². The zero-order valence-corrected chi connectivity index (χ0v) is 20.2. The molecule has 0 aromatic carbocycles. The Morgan fingerprint density at radius 2 is 1.94 bits per heavy atom. The molecule has 4 heterocycles. The van der Waals surface area contributed by atoms with Crippen molar-refractivity contribution in [3.8, 4) is 11.5 Å². The molecule has 0 spiro atoms. The van der Waals surface area contributed by atoms with Gasteiger partial charge in [-0.15, -0.1) is 12.4 Å². The summed E-state index contributed by atoms with van der Waals surface area (Å²) < 4.78 is 16.9. The number of methoxy groups -OCH3 is 1. The Balaban J connectivity index is 0.00000306. The molecule has 9 heteroatoms. The number of nitrogens with one attached hydrogen (secondary N) is 2. The molecule has 0 bridgehead atoms. The minimum absolute atomic E-state index is 0. The van der Waals surface area contributed by atoms with Gasteiger partial charge in [0.2, 0.25) is 0 Å². The standard InChI is InChI=1S/C24H35N5O3.ClH/c1-30-23-18-27-24(16-22(23)32-12-4-11-29-9-2-3-10-29)28-20-5-8-25-21(15-20)17-26-19-6-13-31-14-7-19;/h5,8,15-16,18-19,26H,2-4,6-7,9-14,17H2,1H3,(H,25,27,28);1H. The first-order chi connectivity index (χ1) is 15.8. The first-order valence-electron chi connectivity index (χ1n) is 11.7. The van der Waals surface area contributed by atoms with E-state index >= 15 is 0 Å². The van der Waals surface area contributed by atoms with Gasteiger partial charge in [-0.3, -0.25) is 4.98 Å². The van der Waals surface area contributed by atoms with Crippen molar-refractivity contribution in [1.82, 2.24) is 20.2 Å². The maximum Gasteiger partial charge on any atom is 0.179 e. The number of pyridine rings is 2. The highest BCUT2D eigenvalue weighted by molar-refractivity contribution is 5.85. The number of anilines is 2. The summed E-state index contributed by atoms with van der Waals surface area (Å²) >= 11 is 0. The van der Waals surface area contributed by atoms with Crippen LogP contribution in [0.5, 0.6) is 11.5 Å². The van der Waals surface area contributed by atoms with Gasteiger partial charge >= 0.3 is 0 Å². The van der Waals surface area contributed by atoms with Gasteiger partial charge < -0.3 is 29.7 Å². The van der Waals surface area contributed by atoms with Gasteiger partial charge in [0.05, 0.1) is 25.6 Å². The van der Waals surface area contributed by atoms with Gasteiger partial charge in [-0.2, -0.15) is 0 Å². The van der Waals surface area contributed by atoms with Crippen LogP contribution in [0.25, 0.3) is 0 Å². The lowest BCUT2D eigenvalue weighted by Crippen LogP contribution is -2.34. The number of ether oxygens (including phenoxy) is 3. The van der Waals surface area contributed by atoms with Gasteiger partial charge in [0.15, 0.2) is 11.5 Å². The zero-order valence-electron chi connectivity index (χ0n) is 19.4. The van der Waals surface area contributed by atoms with E-state index in [-0.39, 0.29) is 12.4 Å². The molecule has 0 saturated carbocycles. The van der Waals surface area contributed by atoms with Crippen molar-refractivity contribution in [2.75, 3.05) is 51.9 Å². The van der Waals surface area contributed by atoms with Crippen molar-refractivity contribution in [2.45, 2.75) is 44.7 Å². The average molecular weight is 478 g/mol. The topological polar surface area (TPSA) is 80.8 Å². The second kappa shape index (κ2) is 13.5. The second-order valence-electron chi connectivity index (χ2n) is 8.40. The Hall–Kier alpha value is -2.13. The summed E-state index contributed by atoms with van der Waals surface area (Å²) in [5, 5.41) is 6.94. The Bertz CT molecular complexity index is 845. The van der Waals surface area contributed by atoms with Crippen molar-refractivity contribution in [1.29, 1.82) is 0 Å². The summed E-state index contributed by atoms with van der Waals surface area (Å²) in [6, 6.07) is 6.39. The third-order valence-corrected chi connectivity index (χ3v) is 6.01. The molecular weight excluding hydrogens is 442 g/mol. The van der Waals surface area contributed by atoms with Crippen molar-refractivity contribution >= 4 is 23.9 Å². The Labute approximate surface area is 202 Å². The zero-order chi connectivity index (χ0) is 22.0. The van der Waals surface area contributed by atoms with Crippen molar-refractivity contribution in [3.63, 3.8) is 0 Å². The third kappa shape index (κ3) is 7.99. The van der Waals surface area contributed by atoms with E-state index in [0.29, 0.717) is 24.1 Å². The van der Waals surface area contributed by atoms with Crippen LogP contribution in [-0.2, 0) is 11.3 Å². The minimum atomic E-state index is 0. The molecule has 0 atom stereocenters. The van der Waals surface area contributed by atoms with E-state index in [1.54, 1.807) is 13.3 Å². The number of rotatable bonds is 11. The quantitative estimate of drug-likeness (QED) is 0.473. The Morgan fingerprint density at radius 1 is 1.12 bits per heavy atom. The summed E-state index contributed by atoms with van der Waals surface area (Å²) in [5.74, 6) is 2.07. The van der Waals surface area contributed by atoms with E-state index in [1.807, 2.05) is 18.3 Å². The molecule has 2 aromatic heterocycles. The summed E-state index contributed by atoms with van der Waals surface area (Å²) in [4.78, 5) is 11.5. The molecule has 0 unspecified atom stereocenters. The molecule has 0 radical (unpaired) electrons. The van der Waals surface area contributed by atoms with Gasteiger partial charge in [-0.1, -0.05) is 0 Å². The number of halogens is 1. The summed E-state index contributed by atoms with van der Waals surface area (Å²) in [6.45, 7) is 6.57. The summed E-state index contributed by atoms with van der Waals surface area (Å²) in [7, 11) is 1.64. The molecule has 4 rings (SSSR count). The van der Waals surface area contributed by atoms with Crippen molar-refractivity contribution < 1.29 is 14.2 Å². The van der Waals surface area contributed by atoms with E-state index in [4.69, 9.17) is 14.2 Å². The molecule has 2 fully saturated rings. The van der Waals surface area contributed by atoms with Gasteiger partial charge in [0.1, 0.15) is 5.82 Å². The molecule has 33 heavy (non-hydrogen) atoms. The van der Waals surface area contributed by atoms with Crippen LogP contribution in [-0.4, -0.2) is 67.5 Å². The van der Waals surface area contributed by atoms with E-state index in [1.165, 1.54) is 25.9 Å². The lowest BCUT2D eigenvalue weighted by atomic mass is 10.1. The Kier molecular flexibility index (Phi) is 10.5. The predicted octanol–water partition coefficient (Wildman–Crippen LogP) is 3.78. The molecule has 0 aliphatic carbocycles. The molecule has 2 aliphatic heterocycles. The van der Waals surface area contributed by atoms with Crippen LogP contribution in [0.3, 0.4) is 0 Å². The van der Waals surface area contributed by atoms with Crippen molar-refractivity contribution in [2.24, 2.45) is 0 Å². The lowest BCUT2D eigenvalue weighted by molar-refractivity contribution is 0.0775. The fourth-order valence-corrected chi connectivity index (χ4v) is 4.19. The van der Waals surface area contributed by atoms with E-state index in [2.05, 4.69) is 31.6 Å². The second-order valence-corrected chi connectivity index (χ2v) is 8.40. The summed E-state index contributed by atoms with van der Waals surface area (Å²) in [6.07, 6.45) is 9.26. The fourth-order valence-electron chi connectivity index (χ4n) is 4.19. The average Bonchev–Trinajstić information content (AvgIpc) is 3.35. The minimum Gasteiger partial charge on any atom is -0.491 e. The van der Waals surface area contributed by atoms with Crippen LogP contribution < -0.4 is 20.1 Å². The molecule has 8 nitrogen and oxygen atoms in total. The van der Waals surface area contributed by atoms with Crippen LogP contribution >= 0.6 is 12.4 Å². The largest absolute Gasteiger partial charge is 0.491 e. The molecule has 2 aliphatic rings. The number of hydrogen-bond donors (Lipinski definition) is 2. The lowest BCUT2D eigenvalue weighted by Gasteiger charge is -2.23.